The molecule has 0 aromatic carbocycles. The van der Waals surface area contributed by atoms with Crippen LogP contribution in [-0.2, 0) is 6.42 Å². The molecule has 2 N–H and O–H groups in total. The molecular weight excluding hydrogens is 300 g/mol. The number of thiazole rings is 1. The van der Waals surface area contributed by atoms with Crippen LogP contribution in [0.15, 0.2) is 16.2 Å². The number of nitrogens with two attached hydrogens (primary N) is 1. The van der Waals surface area contributed by atoms with Crippen LogP contribution in [0.1, 0.15) is 19.5 Å². The second-order valence-corrected chi connectivity index (χ2v) is 5.84. The van der Waals surface area contributed by atoms with Gasteiger partial charge in [-0.15, -0.1) is 11.3 Å². The minimum absolute atomic E-state index is 0.485. The number of nitrogens with zero attached hydrogens (tertiary/aromatic N) is 3. The van der Waals surface area contributed by atoms with Crippen LogP contribution in [0.5, 0.6) is 0 Å². The molecule has 17 heavy (non-hydrogen) atoms. The number of halogens is 1. The molecule has 2 aromatic heterocycles. The highest BCUT2D eigenvalue weighted by atomic mass is 79.9. The molecule has 0 saturated heterocycles. The molecule has 0 spiro atoms. The largest absolute Gasteiger partial charge is 0.383 e. The first-order valence-corrected chi connectivity index (χ1v) is 6.96. The number of hydrogen-bond donors (Lipinski definition) is 1. The van der Waals surface area contributed by atoms with Gasteiger partial charge in [-0.05, 0) is 28.3 Å². The van der Waals surface area contributed by atoms with Crippen molar-refractivity contribution in [1.29, 1.82) is 0 Å². The maximum Gasteiger partial charge on any atom is 0.173 e. The SMILES string of the molecule is CC(C)Cc1nc(-c2cncs2)nc(N)c1Br. The summed E-state index contributed by atoms with van der Waals surface area (Å²) in [7, 11) is 0. The first kappa shape index (κ1) is 12.4. The zero-order chi connectivity index (χ0) is 12.4. The van der Waals surface area contributed by atoms with Gasteiger partial charge in [-0.1, -0.05) is 13.8 Å². The number of aromatic nitrogens is 3. The van der Waals surface area contributed by atoms with Gasteiger partial charge in [0.15, 0.2) is 5.82 Å². The fourth-order valence-electron chi connectivity index (χ4n) is 1.47. The molecule has 0 bridgehead atoms. The summed E-state index contributed by atoms with van der Waals surface area (Å²) in [6.07, 6.45) is 2.63. The molecule has 90 valence electrons. The van der Waals surface area contributed by atoms with E-state index in [-0.39, 0.29) is 0 Å². The third-order valence-electron chi connectivity index (χ3n) is 2.20. The zero-order valence-electron chi connectivity index (χ0n) is 9.64. The fraction of sp³-hybridized carbons (Fsp3) is 0.364. The minimum atomic E-state index is 0.485. The standard InChI is InChI=1S/C11H13BrN4S/c1-6(2)3-7-9(12)10(13)16-11(15-7)8-4-14-5-17-8/h4-6H,3H2,1-2H3,(H2,13,15,16). The van der Waals surface area contributed by atoms with Crippen LogP contribution in [0.2, 0.25) is 0 Å². The highest BCUT2D eigenvalue weighted by Gasteiger charge is 2.13. The second kappa shape index (κ2) is 5.10. The topological polar surface area (TPSA) is 64.7 Å². The molecule has 0 radical (unpaired) electrons. The lowest BCUT2D eigenvalue weighted by Crippen LogP contribution is -2.05. The van der Waals surface area contributed by atoms with Crippen molar-refractivity contribution in [3.8, 4) is 10.7 Å². The second-order valence-electron chi connectivity index (χ2n) is 4.16. The molecule has 0 amide bonds. The molecular formula is C11H13BrN4S. The lowest BCUT2D eigenvalue weighted by molar-refractivity contribution is 0.633. The van der Waals surface area contributed by atoms with Crippen molar-refractivity contribution in [2.24, 2.45) is 5.92 Å². The Morgan fingerprint density at radius 2 is 2.18 bits per heavy atom. The lowest BCUT2D eigenvalue weighted by atomic mass is 10.1. The summed E-state index contributed by atoms with van der Waals surface area (Å²) >= 11 is 4.96. The summed E-state index contributed by atoms with van der Waals surface area (Å²) in [5, 5.41) is 0. The van der Waals surface area contributed by atoms with E-state index in [0.717, 1.165) is 21.5 Å². The highest BCUT2D eigenvalue weighted by Crippen LogP contribution is 2.28. The highest BCUT2D eigenvalue weighted by molar-refractivity contribution is 9.10. The van der Waals surface area contributed by atoms with Crippen LogP contribution in [0, 0.1) is 5.92 Å². The van der Waals surface area contributed by atoms with Crippen molar-refractivity contribution < 1.29 is 0 Å². The number of nitrogen functional groups attached to an aromatic ring is 1. The Morgan fingerprint density at radius 1 is 1.41 bits per heavy atom. The van der Waals surface area contributed by atoms with Gasteiger partial charge in [0.2, 0.25) is 0 Å². The molecule has 4 nitrogen and oxygen atoms in total. The fourth-order valence-corrected chi connectivity index (χ4v) is 2.36. The van der Waals surface area contributed by atoms with Crippen molar-refractivity contribution in [3.63, 3.8) is 0 Å². The predicted molar refractivity (Wildman–Crippen MR) is 73.8 cm³/mol. The molecule has 0 aliphatic carbocycles. The summed E-state index contributed by atoms with van der Waals surface area (Å²) in [5.74, 6) is 1.66. The van der Waals surface area contributed by atoms with Crippen LogP contribution in [0.3, 0.4) is 0 Å². The van der Waals surface area contributed by atoms with Gasteiger partial charge in [0.05, 0.1) is 20.6 Å². The molecule has 2 heterocycles. The van der Waals surface area contributed by atoms with E-state index in [1.165, 1.54) is 11.3 Å². The van der Waals surface area contributed by atoms with E-state index >= 15 is 0 Å². The minimum Gasteiger partial charge on any atom is -0.383 e. The lowest BCUT2D eigenvalue weighted by Gasteiger charge is -2.09. The summed E-state index contributed by atoms with van der Waals surface area (Å²) < 4.78 is 0.805. The molecule has 6 heteroatoms. The zero-order valence-corrected chi connectivity index (χ0v) is 12.0. The van der Waals surface area contributed by atoms with E-state index in [4.69, 9.17) is 5.73 Å². The summed E-state index contributed by atoms with van der Waals surface area (Å²) in [4.78, 5) is 13.8. The average Bonchev–Trinajstić information content (AvgIpc) is 2.77. The predicted octanol–water partition coefficient (Wildman–Crippen LogP) is 3.14. The molecule has 0 saturated carbocycles. The Balaban J connectivity index is 2.46. The first-order chi connectivity index (χ1) is 8.08. The van der Waals surface area contributed by atoms with Gasteiger partial charge in [-0.2, -0.15) is 0 Å². The van der Waals surface area contributed by atoms with Crippen LogP contribution in [0.4, 0.5) is 5.82 Å². The van der Waals surface area contributed by atoms with Crippen LogP contribution < -0.4 is 5.73 Å². The van der Waals surface area contributed by atoms with E-state index in [1.54, 1.807) is 11.7 Å². The van der Waals surface area contributed by atoms with E-state index < -0.39 is 0 Å². The third kappa shape index (κ3) is 2.81. The van der Waals surface area contributed by atoms with Crippen molar-refractivity contribution in [2.75, 3.05) is 5.73 Å². The van der Waals surface area contributed by atoms with Crippen molar-refractivity contribution >= 4 is 33.1 Å². The van der Waals surface area contributed by atoms with Crippen LogP contribution >= 0.6 is 27.3 Å². The molecule has 2 aromatic rings. The summed E-state index contributed by atoms with van der Waals surface area (Å²) in [6, 6.07) is 0. The molecule has 0 unspecified atom stereocenters. The van der Waals surface area contributed by atoms with Crippen LogP contribution in [0.25, 0.3) is 10.7 Å². The normalized spacial score (nSPS) is 11.1. The van der Waals surface area contributed by atoms with Gasteiger partial charge in [0.25, 0.3) is 0 Å². The Kier molecular flexibility index (Phi) is 3.73. The summed E-state index contributed by atoms with van der Waals surface area (Å²) in [5.41, 5.74) is 8.61. The Morgan fingerprint density at radius 3 is 2.76 bits per heavy atom. The third-order valence-corrected chi connectivity index (χ3v) is 3.83. The van der Waals surface area contributed by atoms with Crippen molar-refractivity contribution in [2.45, 2.75) is 20.3 Å². The Labute approximate surface area is 112 Å². The number of anilines is 1. The van der Waals surface area contributed by atoms with Gasteiger partial charge in [0, 0.05) is 6.20 Å². The molecule has 0 aliphatic rings. The average molecular weight is 313 g/mol. The maximum absolute atomic E-state index is 5.89. The van der Waals surface area contributed by atoms with Gasteiger partial charge >= 0.3 is 0 Å². The van der Waals surface area contributed by atoms with Crippen LogP contribution in [-0.4, -0.2) is 15.0 Å². The Hall–Kier alpha value is -1.01. The van der Waals surface area contributed by atoms with E-state index in [1.807, 2.05) is 0 Å². The molecule has 0 aliphatic heterocycles. The van der Waals surface area contributed by atoms with Gasteiger partial charge in [0.1, 0.15) is 5.82 Å². The Bertz CT molecular complexity index is 510. The van der Waals surface area contributed by atoms with Gasteiger partial charge < -0.3 is 5.73 Å². The molecule has 0 fully saturated rings. The summed E-state index contributed by atoms with van der Waals surface area (Å²) in [6.45, 7) is 4.30. The van der Waals surface area contributed by atoms with Gasteiger partial charge in [-0.25, -0.2) is 9.97 Å². The number of rotatable bonds is 3. The maximum atomic E-state index is 5.89. The van der Waals surface area contributed by atoms with E-state index in [2.05, 4.69) is 44.7 Å². The van der Waals surface area contributed by atoms with E-state index in [9.17, 15) is 0 Å². The molecule has 0 atom stereocenters. The van der Waals surface area contributed by atoms with E-state index in [0.29, 0.717) is 17.6 Å². The molecule has 2 rings (SSSR count). The number of hydrogen-bond acceptors (Lipinski definition) is 5. The smallest absolute Gasteiger partial charge is 0.173 e. The quantitative estimate of drug-likeness (QED) is 0.945. The van der Waals surface area contributed by atoms with Crippen molar-refractivity contribution in [1.82, 2.24) is 15.0 Å². The first-order valence-electron chi connectivity index (χ1n) is 5.28. The van der Waals surface area contributed by atoms with Gasteiger partial charge in [-0.3, -0.25) is 4.98 Å². The van der Waals surface area contributed by atoms with Crippen molar-refractivity contribution in [3.05, 3.63) is 21.9 Å². The monoisotopic (exact) mass is 312 g/mol.